The molecule has 16 heavy (non-hydrogen) atoms. The summed E-state index contributed by atoms with van der Waals surface area (Å²) < 4.78 is 6.36. The summed E-state index contributed by atoms with van der Waals surface area (Å²) in [6, 6.07) is 5.63. The molecule has 0 aliphatic heterocycles. The van der Waals surface area contributed by atoms with Crippen LogP contribution >= 0.6 is 9.24 Å². The van der Waals surface area contributed by atoms with Gasteiger partial charge in [0.05, 0.1) is 7.59 Å². The highest BCUT2D eigenvalue weighted by Gasteiger charge is 2.49. The third-order valence-electron chi connectivity index (χ3n) is 4.47. The highest BCUT2D eigenvalue weighted by molar-refractivity contribution is 7.39. The summed E-state index contributed by atoms with van der Waals surface area (Å²) in [5.74, 6) is 0. The molecule has 0 radical (unpaired) electrons. The Morgan fingerprint density at radius 3 is 1.81 bits per heavy atom. The fraction of sp³-hybridized carbons (Fsp3) is 1.00. The summed E-state index contributed by atoms with van der Waals surface area (Å²) in [5, 5.41) is 0. The quantitative estimate of drug-likeness (QED) is 0.447. The topological polar surface area (TPSA) is 9.23 Å². The molecule has 0 aliphatic carbocycles. The molecule has 0 aromatic carbocycles. The molecular weight excluding hydrogens is 247 g/mol. The zero-order valence-corrected chi connectivity index (χ0v) is 15.1. The van der Waals surface area contributed by atoms with Gasteiger partial charge in [-0.05, 0) is 25.7 Å². The second-order valence-electron chi connectivity index (χ2n) is 4.90. The summed E-state index contributed by atoms with van der Waals surface area (Å²) in [7, 11) is 0.317. The Labute approximate surface area is 107 Å². The molecule has 98 valence electrons. The summed E-state index contributed by atoms with van der Waals surface area (Å²) in [6.07, 6.45) is 2.57. The molecule has 1 nitrogen and oxygen atoms in total. The van der Waals surface area contributed by atoms with E-state index in [1.807, 2.05) is 0 Å². The van der Waals surface area contributed by atoms with E-state index in [4.69, 9.17) is 4.43 Å². The van der Waals surface area contributed by atoms with Crippen LogP contribution in [0.4, 0.5) is 0 Å². The van der Waals surface area contributed by atoms with Crippen molar-refractivity contribution in [2.24, 2.45) is 0 Å². The van der Waals surface area contributed by atoms with Gasteiger partial charge in [-0.2, -0.15) is 0 Å². The normalized spacial score (nSPS) is 16.1. The van der Waals surface area contributed by atoms with Crippen molar-refractivity contribution < 1.29 is 4.43 Å². The number of rotatable bonds is 9. The van der Waals surface area contributed by atoms with Gasteiger partial charge in [-0.1, -0.05) is 45.3 Å². The van der Waals surface area contributed by atoms with Crippen LogP contribution in [-0.2, 0) is 4.43 Å². The molecule has 0 spiro atoms. The van der Waals surface area contributed by atoms with Crippen LogP contribution in [0.2, 0.25) is 30.7 Å². The molecule has 0 aliphatic rings. The van der Waals surface area contributed by atoms with Crippen LogP contribution in [0.5, 0.6) is 0 Å². The SMILES string of the molecule is CCO[Si](C)(CCCP)[Si](CC)(CC)CC. The molecule has 0 aromatic rings. The molecular formula is C12H31OPSi2. The van der Waals surface area contributed by atoms with Crippen molar-refractivity contribution in [3.05, 3.63) is 0 Å². The van der Waals surface area contributed by atoms with E-state index in [2.05, 4.69) is 43.5 Å². The lowest BCUT2D eigenvalue weighted by molar-refractivity contribution is 0.335. The van der Waals surface area contributed by atoms with Crippen LogP contribution in [0.15, 0.2) is 0 Å². The van der Waals surface area contributed by atoms with Gasteiger partial charge in [-0.15, -0.1) is 9.24 Å². The Bertz CT molecular complexity index is 178. The largest absolute Gasteiger partial charge is 0.420 e. The Kier molecular flexibility index (Phi) is 8.43. The molecule has 2 atom stereocenters. The fourth-order valence-electron chi connectivity index (χ4n) is 3.12. The lowest BCUT2D eigenvalue weighted by atomic mass is 10.6. The highest BCUT2D eigenvalue weighted by atomic mass is 31.0. The van der Waals surface area contributed by atoms with Crippen molar-refractivity contribution in [3.8, 4) is 0 Å². The van der Waals surface area contributed by atoms with E-state index in [-0.39, 0.29) is 0 Å². The molecule has 0 aromatic heterocycles. The van der Waals surface area contributed by atoms with Crippen molar-refractivity contribution in [2.45, 2.75) is 64.8 Å². The minimum Gasteiger partial charge on any atom is -0.420 e. The Balaban J connectivity index is 4.94. The van der Waals surface area contributed by atoms with Crippen molar-refractivity contribution in [1.29, 1.82) is 0 Å². The van der Waals surface area contributed by atoms with Gasteiger partial charge >= 0.3 is 0 Å². The van der Waals surface area contributed by atoms with E-state index in [1.54, 1.807) is 0 Å². The summed E-state index contributed by atoms with van der Waals surface area (Å²) in [4.78, 5) is 0. The third-order valence-corrected chi connectivity index (χ3v) is 24.5. The maximum absolute atomic E-state index is 6.36. The zero-order valence-electron chi connectivity index (χ0n) is 11.9. The van der Waals surface area contributed by atoms with Crippen molar-refractivity contribution in [3.63, 3.8) is 0 Å². The van der Waals surface area contributed by atoms with Gasteiger partial charge in [0.2, 0.25) is 0 Å². The van der Waals surface area contributed by atoms with Crippen molar-refractivity contribution in [1.82, 2.24) is 0 Å². The Morgan fingerprint density at radius 1 is 1.00 bits per heavy atom. The lowest BCUT2D eigenvalue weighted by Crippen LogP contribution is -2.62. The minimum absolute atomic E-state index is 0.925. The second kappa shape index (κ2) is 8.02. The standard InChI is InChI=1S/C12H31OPSi2/c1-6-13-15(5,12-10-11-14)16(7-2,8-3)9-4/h6-12,14H2,1-5H3. The summed E-state index contributed by atoms with van der Waals surface area (Å²) in [5.41, 5.74) is 0. The maximum atomic E-state index is 6.36. The highest BCUT2D eigenvalue weighted by Crippen LogP contribution is 2.35. The maximum Gasteiger partial charge on any atom is 0.177 e. The molecule has 0 rings (SSSR count). The zero-order chi connectivity index (χ0) is 12.7. The minimum atomic E-state index is -1.42. The first-order valence-corrected chi connectivity index (χ1v) is 13.9. The van der Waals surface area contributed by atoms with E-state index in [0.29, 0.717) is 0 Å². The molecule has 0 fully saturated rings. The average molecular weight is 279 g/mol. The number of hydrogen-bond acceptors (Lipinski definition) is 1. The van der Waals surface area contributed by atoms with Gasteiger partial charge in [0.25, 0.3) is 0 Å². The summed E-state index contributed by atoms with van der Waals surface area (Å²) >= 11 is 0. The smallest absolute Gasteiger partial charge is 0.177 e. The monoisotopic (exact) mass is 278 g/mol. The van der Waals surface area contributed by atoms with Gasteiger partial charge in [-0.3, -0.25) is 0 Å². The Morgan fingerprint density at radius 2 is 1.50 bits per heavy atom. The molecule has 2 unspecified atom stereocenters. The lowest BCUT2D eigenvalue weighted by Gasteiger charge is -2.44. The van der Waals surface area contributed by atoms with Crippen LogP contribution in [0.3, 0.4) is 0 Å². The van der Waals surface area contributed by atoms with Gasteiger partial charge in [-0.25, -0.2) is 0 Å². The van der Waals surface area contributed by atoms with E-state index in [9.17, 15) is 0 Å². The molecule has 0 bridgehead atoms. The van der Waals surface area contributed by atoms with E-state index in [1.165, 1.54) is 36.8 Å². The first kappa shape index (κ1) is 16.8. The Hall–Kier alpha value is 0.824. The van der Waals surface area contributed by atoms with Crippen LogP contribution in [0.25, 0.3) is 0 Å². The van der Waals surface area contributed by atoms with Crippen molar-refractivity contribution in [2.75, 3.05) is 12.8 Å². The van der Waals surface area contributed by atoms with Crippen LogP contribution < -0.4 is 0 Å². The van der Waals surface area contributed by atoms with Gasteiger partial charge in [0.1, 0.15) is 0 Å². The average Bonchev–Trinajstić information content (AvgIpc) is 2.30. The van der Waals surface area contributed by atoms with Crippen molar-refractivity contribution >= 4 is 24.7 Å². The van der Waals surface area contributed by atoms with Gasteiger partial charge in [0, 0.05) is 6.61 Å². The molecule has 0 amide bonds. The third kappa shape index (κ3) is 3.66. The molecule has 0 heterocycles. The molecule has 0 saturated carbocycles. The molecule has 0 saturated heterocycles. The second-order valence-corrected chi connectivity index (χ2v) is 19.8. The van der Waals surface area contributed by atoms with Crippen LogP contribution in [0, 0.1) is 0 Å². The van der Waals surface area contributed by atoms with E-state index < -0.39 is 15.4 Å². The molecule has 4 heteroatoms. The van der Waals surface area contributed by atoms with Gasteiger partial charge in [0.15, 0.2) is 7.83 Å². The predicted octanol–water partition coefficient (Wildman–Crippen LogP) is 4.45. The van der Waals surface area contributed by atoms with E-state index in [0.717, 1.165) is 6.61 Å². The van der Waals surface area contributed by atoms with E-state index >= 15 is 0 Å². The number of hydrogen-bond donors (Lipinski definition) is 0. The fourth-order valence-corrected chi connectivity index (χ4v) is 20.2. The predicted molar refractivity (Wildman–Crippen MR) is 84.4 cm³/mol. The first-order chi connectivity index (χ1) is 7.55. The first-order valence-electron chi connectivity index (χ1n) is 6.89. The van der Waals surface area contributed by atoms with Crippen LogP contribution in [0.1, 0.15) is 34.1 Å². The van der Waals surface area contributed by atoms with Gasteiger partial charge < -0.3 is 4.43 Å². The molecule has 0 N–H and O–H groups in total. The summed E-state index contributed by atoms with van der Waals surface area (Å²) in [6.45, 7) is 12.8. The van der Waals surface area contributed by atoms with Crippen LogP contribution in [-0.4, -0.2) is 28.2 Å².